The van der Waals surface area contributed by atoms with Gasteiger partial charge in [0.1, 0.15) is 0 Å². The molecule has 4 nitrogen and oxygen atoms in total. The summed E-state index contributed by atoms with van der Waals surface area (Å²) in [5, 5.41) is 6.30. The van der Waals surface area contributed by atoms with Crippen molar-refractivity contribution < 1.29 is 4.79 Å². The SMILES string of the molecule is CNCC(=O)N1CCN(c2cccs2)CC1. The van der Waals surface area contributed by atoms with Gasteiger partial charge in [0.15, 0.2) is 0 Å². The predicted octanol–water partition coefficient (Wildman–Crippen LogP) is 0.616. The van der Waals surface area contributed by atoms with Crippen LogP contribution < -0.4 is 10.2 Å². The Morgan fingerprint density at radius 3 is 2.75 bits per heavy atom. The number of carbonyl (C=O) groups is 1. The molecule has 88 valence electrons. The normalized spacial score (nSPS) is 16.6. The molecule has 1 aliphatic heterocycles. The highest BCUT2D eigenvalue weighted by Gasteiger charge is 2.20. The maximum atomic E-state index is 11.6. The van der Waals surface area contributed by atoms with Crippen molar-refractivity contribution in [2.75, 3.05) is 44.7 Å². The number of nitrogens with one attached hydrogen (secondary N) is 1. The largest absolute Gasteiger partial charge is 0.360 e. The molecule has 1 amide bonds. The van der Waals surface area contributed by atoms with Crippen molar-refractivity contribution in [2.45, 2.75) is 0 Å². The number of piperazine rings is 1. The Balaban J connectivity index is 1.85. The zero-order chi connectivity index (χ0) is 11.4. The topological polar surface area (TPSA) is 35.6 Å². The van der Waals surface area contributed by atoms with Gasteiger partial charge in [-0.2, -0.15) is 0 Å². The standard InChI is InChI=1S/C11H17N3OS/c1-12-9-10(15)13-4-6-14(7-5-13)11-3-2-8-16-11/h2-3,8,12H,4-7,9H2,1H3. The van der Waals surface area contributed by atoms with E-state index in [9.17, 15) is 4.79 Å². The smallest absolute Gasteiger partial charge is 0.236 e. The summed E-state index contributed by atoms with van der Waals surface area (Å²) < 4.78 is 0. The Bertz CT molecular complexity index is 331. The van der Waals surface area contributed by atoms with E-state index in [-0.39, 0.29) is 5.91 Å². The van der Waals surface area contributed by atoms with Crippen LogP contribution in [0.3, 0.4) is 0 Å². The summed E-state index contributed by atoms with van der Waals surface area (Å²) in [5.74, 6) is 0.202. The molecule has 1 saturated heterocycles. The fraction of sp³-hybridized carbons (Fsp3) is 0.545. The van der Waals surface area contributed by atoms with Crippen LogP contribution in [-0.4, -0.2) is 50.6 Å². The highest BCUT2D eigenvalue weighted by Crippen LogP contribution is 2.22. The average molecular weight is 239 g/mol. The fourth-order valence-electron chi connectivity index (χ4n) is 1.89. The molecule has 0 spiro atoms. The number of nitrogens with zero attached hydrogens (tertiary/aromatic N) is 2. The third-order valence-electron chi connectivity index (χ3n) is 2.78. The van der Waals surface area contributed by atoms with Crippen molar-refractivity contribution in [2.24, 2.45) is 0 Å². The van der Waals surface area contributed by atoms with Gasteiger partial charge in [-0.15, -0.1) is 11.3 Å². The summed E-state index contributed by atoms with van der Waals surface area (Å²) in [6, 6.07) is 4.20. The van der Waals surface area contributed by atoms with Crippen LogP contribution in [0.4, 0.5) is 5.00 Å². The van der Waals surface area contributed by atoms with Crippen molar-refractivity contribution in [3.05, 3.63) is 17.5 Å². The van der Waals surface area contributed by atoms with Crippen LogP contribution in [0.1, 0.15) is 0 Å². The minimum absolute atomic E-state index is 0.202. The lowest BCUT2D eigenvalue weighted by Gasteiger charge is -2.35. The molecule has 0 unspecified atom stereocenters. The maximum Gasteiger partial charge on any atom is 0.236 e. The quantitative estimate of drug-likeness (QED) is 0.840. The second-order valence-corrected chi connectivity index (χ2v) is 4.78. The van der Waals surface area contributed by atoms with Crippen molar-refractivity contribution in [1.82, 2.24) is 10.2 Å². The summed E-state index contributed by atoms with van der Waals surface area (Å²) in [7, 11) is 1.81. The Kier molecular flexibility index (Phi) is 3.79. The van der Waals surface area contributed by atoms with Crippen molar-refractivity contribution in [3.8, 4) is 0 Å². The van der Waals surface area contributed by atoms with Gasteiger partial charge in [-0.3, -0.25) is 4.79 Å². The van der Waals surface area contributed by atoms with Crippen LogP contribution in [0.15, 0.2) is 17.5 Å². The van der Waals surface area contributed by atoms with E-state index in [1.54, 1.807) is 18.4 Å². The molecule has 1 aliphatic rings. The maximum absolute atomic E-state index is 11.6. The van der Waals surface area contributed by atoms with Crippen LogP contribution in [0, 0.1) is 0 Å². The van der Waals surface area contributed by atoms with Crippen LogP contribution in [-0.2, 0) is 4.79 Å². The van der Waals surface area contributed by atoms with Gasteiger partial charge in [0.2, 0.25) is 5.91 Å². The van der Waals surface area contributed by atoms with Crippen LogP contribution in [0.5, 0.6) is 0 Å². The molecule has 0 atom stereocenters. The number of carbonyl (C=O) groups excluding carboxylic acids is 1. The number of hydrogen-bond acceptors (Lipinski definition) is 4. The van der Waals surface area contributed by atoms with E-state index >= 15 is 0 Å². The van der Waals surface area contributed by atoms with Crippen LogP contribution in [0.25, 0.3) is 0 Å². The third kappa shape index (κ3) is 2.54. The van der Waals surface area contributed by atoms with E-state index in [1.165, 1.54) is 5.00 Å². The highest BCUT2D eigenvalue weighted by atomic mass is 32.1. The molecule has 2 rings (SSSR count). The van der Waals surface area contributed by atoms with Crippen molar-refractivity contribution in [3.63, 3.8) is 0 Å². The van der Waals surface area contributed by atoms with E-state index in [1.807, 2.05) is 4.90 Å². The van der Waals surface area contributed by atoms with E-state index in [4.69, 9.17) is 0 Å². The molecule has 0 aliphatic carbocycles. The van der Waals surface area contributed by atoms with E-state index in [0.29, 0.717) is 6.54 Å². The summed E-state index contributed by atoms with van der Waals surface area (Å²) in [4.78, 5) is 15.9. The van der Waals surface area contributed by atoms with E-state index < -0.39 is 0 Å². The number of amides is 1. The number of thiophene rings is 1. The second-order valence-electron chi connectivity index (χ2n) is 3.85. The molecule has 0 radical (unpaired) electrons. The van der Waals surface area contributed by atoms with Crippen LogP contribution >= 0.6 is 11.3 Å². The highest BCUT2D eigenvalue weighted by molar-refractivity contribution is 7.14. The van der Waals surface area contributed by atoms with E-state index in [0.717, 1.165) is 26.2 Å². The van der Waals surface area contributed by atoms with Crippen molar-refractivity contribution >= 4 is 22.2 Å². The second kappa shape index (κ2) is 5.32. The molecule has 1 fully saturated rings. The zero-order valence-corrected chi connectivity index (χ0v) is 10.3. The summed E-state index contributed by atoms with van der Waals surface area (Å²) >= 11 is 1.76. The molecular weight excluding hydrogens is 222 g/mol. The number of likely N-dealkylation sites (N-methyl/N-ethyl adjacent to an activating group) is 1. The third-order valence-corrected chi connectivity index (χ3v) is 3.71. The lowest BCUT2D eigenvalue weighted by Crippen LogP contribution is -2.50. The molecule has 1 aromatic rings. The number of hydrogen-bond donors (Lipinski definition) is 1. The first-order valence-electron chi connectivity index (χ1n) is 5.52. The fourth-order valence-corrected chi connectivity index (χ4v) is 2.67. The summed E-state index contributed by atoms with van der Waals surface area (Å²) in [6.07, 6.45) is 0. The lowest BCUT2D eigenvalue weighted by molar-refractivity contribution is -0.130. The Hall–Kier alpha value is -1.07. The number of rotatable bonds is 3. The molecule has 0 saturated carbocycles. The molecule has 2 heterocycles. The van der Waals surface area contributed by atoms with Crippen molar-refractivity contribution in [1.29, 1.82) is 0 Å². The Labute approximate surface area is 99.9 Å². The summed E-state index contributed by atoms with van der Waals surface area (Å²) in [5.41, 5.74) is 0. The molecule has 5 heteroatoms. The minimum Gasteiger partial charge on any atom is -0.360 e. The molecule has 1 N–H and O–H groups in total. The Morgan fingerprint density at radius 1 is 1.44 bits per heavy atom. The minimum atomic E-state index is 0.202. The lowest BCUT2D eigenvalue weighted by atomic mass is 10.3. The average Bonchev–Trinajstić information content (AvgIpc) is 2.83. The van der Waals surface area contributed by atoms with Gasteiger partial charge in [-0.1, -0.05) is 0 Å². The first kappa shape index (κ1) is 11.4. The van der Waals surface area contributed by atoms with Gasteiger partial charge in [0.25, 0.3) is 0 Å². The first-order valence-corrected chi connectivity index (χ1v) is 6.40. The number of anilines is 1. The zero-order valence-electron chi connectivity index (χ0n) is 9.48. The molecular formula is C11H17N3OS. The van der Waals surface area contributed by atoms with Gasteiger partial charge in [0.05, 0.1) is 11.5 Å². The Morgan fingerprint density at radius 2 is 2.19 bits per heavy atom. The van der Waals surface area contributed by atoms with Gasteiger partial charge in [0, 0.05) is 26.2 Å². The van der Waals surface area contributed by atoms with Gasteiger partial charge < -0.3 is 15.1 Å². The molecule has 1 aromatic heterocycles. The van der Waals surface area contributed by atoms with E-state index in [2.05, 4.69) is 27.7 Å². The monoisotopic (exact) mass is 239 g/mol. The predicted molar refractivity (Wildman–Crippen MR) is 67.0 cm³/mol. The van der Waals surface area contributed by atoms with Gasteiger partial charge in [-0.05, 0) is 24.6 Å². The van der Waals surface area contributed by atoms with Gasteiger partial charge in [-0.25, -0.2) is 0 Å². The summed E-state index contributed by atoms with van der Waals surface area (Å²) in [6.45, 7) is 3.99. The van der Waals surface area contributed by atoms with Crippen LogP contribution in [0.2, 0.25) is 0 Å². The first-order chi connectivity index (χ1) is 7.81. The molecule has 0 bridgehead atoms. The molecule has 16 heavy (non-hydrogen) atoms. The van der Waals surface area contributed by atoms with Gasteiger partial charge >= 0.3 is 0 Å². The molecule has 0 aromatic carbocycles.